The van der Waals surface area contributed by atoms with Crippen LogP contribution in [-0.2, 0) is 9.59 Å². The van der Waals surface area contributed by atoms with Gasteiger partial charge in [0.2, 0.25) is 11.6 Å². The van der Waals surface area contributed by atoms with Gasteiger partial charge in [-0.1, -0.05) is 26.0 Å². The van der Waals surface area contributed by atoms with Crippen LogP contribution in [0.25, 0.3) is 0 Å². The lowest BCUT2D eigenvalue weighted by Gasteiger charge is -2.48. The van der Waals surface area contributed by atoms with Gasteiger partial charge in [-0.15, -0.1) is 0 Å². The SMILES string of the molecule is CC(C)CN1C(=O)c2ccccc2N2C(=O)CC[C@@]12C(=O)O. The van der Waals surface area contributed by atoms with Crippen LogP contribution in [0.3, 0.4) is 0 Å². The molecule has 0 unspecified atom stereocenters. The van der Waals surface area contributed by atoms with Crippen LogP contribution in [0.4, 0.5) is 5.69 Å². The van der Waals surface area contributed by atoms with Crippen LogP contribution in [0.15, 0.2) is 24.3 Å². The smallest absolute Gasteiger partial charge is 0.351 e. The molecule has 2 heterocycles. The number of hydrogen-bond donors (Lipinski definition) is 1. The number of carboxylic acids is 1. The highest BCUT2D eigenvalue weighted by Gasteiger charge is 2.61. The van der Waals surface area contributed by atoms with Crippen molar-refractivity contribution in [3.05, 3.63) is 29.8 Å². The third-order valence-corrected chi connectivity index (χ3v) is 4.26. The second kappa shape index (κ2) is 4.83. The van der Waals surface area contributed by atoms with Gasteiger partial charge in [0.15, 0.2) is 0 Å². The fraction of sp³-hybridized carbons (Fsp3) is 0.438. The molecule has 0 radical (unpaired) electrons. The Balaban J connectivity index is 2.25. The quantitative estimate of drug-likeness (QED) is 0.922. The summed E-state index contributed by atoms with van der Waals surface area (Å²) in [6.45, 7) is 4.14. The maximum atomic E-state index is 12.8. The maximum absolute atomic E-state index is 12.8. The number of amides is 2. The summed E-state index contributed by atoms with van der Waals surface area (Å²) in [6.07, 6.45) is 0.246. The molecule has 2 amide bonds. The van der Waals surface area contributed by atoms with Crippen molar-refractivity contribution in [2.75, 3.05) is 11.4 Å². The zero-order valence-electron chi connectivity index (χ0n) is 12.6. The summed E-state index contributed by atoms with van der Waals surface area (Å²) in [6, 6.07) is 6.71. The van der Waals surface area contributed by atoms with Crippen LogP contribution < -0.4 is 4.90 Å². The molecule has 0 spiro atoms. The number of aliphatic carboxylic acids is 1. The van der Waals surface area contributed by atoms with Gasteiger partial charge >= 0.3 is 5.97 Å². The second-order valence-corrected chi connectivity index (χ2v) is 6.18. The fourth-order valence-electron chi connectivity index (χ4n) is 3.38. The molecule has 1 atom stereocenters. The number of nitrogens with zero attached hydrogens (tertiary/aromatic N) is 2. The highest BCUT2D eigenvalue weighted by atomic mass is 16.4. The van der Waals surface area contributed by atoms with E-state index < -0.39 is 11.6 Å². The molecule has 22 heavy (non-hydrogen) atoms. The summed E-state index contributed by atoms with van der Waals surface area (Å²) in [4.78, 5) is 39.9. The van der Waals surface area contributed by atoms with Gasteiger partial charge < -0.3 is 10.0 Å². The Morgan fingerprint density at radius 1 is 1.32 bits per heavy atom. The summed E-state index contributed by atoms with van der Waals surface area (Å²) >= 11 is 0. The minimum atomic E-state index is -1.59. The normalized spacial score (nSPS) is 23.8. The van der Waals surface area contributed by atoms with Crippen molar-refractivity contribution in [2.24, 2.45) is 5.92 Å². The summed E-state index contributed by atoms with van der Waals surface area (Å²) in [5, 5.41) is 9.86. The zero-order chi connectivity index (χ0) is 16.1. The fourth-order valence-corrected chi connectivity index (χ4v) is 3.38. The van der Waals surface area contributed by atoms with Crippen LogP contribution in [0.2, 0.25) is 0 Å². The highest BCUT2D eigenvalue weighted by Crippen LogP contribution is 2.44. The molecule has 1 aromatic rings. The van der Waals surface area contributed by atoms with Gasteiger partial charge in [0.1, 0.15) is 0 Å². The Bertz CT molecular complexity index is 670. The molecule has 1 N–H and O–H groups in total. The predicted molar refractivity (Wildman–Crippen MR) is 79.4 cm³/mol. The Kier molecular flexibility index (Phi) is 3.20. The van der Waals surface area contributed by atoms with E-state index in [1.165, 1.54) is 9.80 Å². The van der Waals surface area contributed by atoms with E-state index >= 15 is 0 Å². The lowest BCUT2D eigenvalue weighted by Crippen LogP contribution is -2.68. The van der Waals surface area contributed by atoms with E-state index in [0.717, 1.165) is 0 Å². The maximum Gasteiger partial charge on any atom is 0.351 e. The van der Waals surface area contributed by atoms with E-state index in [0.29, 0.717) is 17.8 Å². The second-order valence-electron chi connectivity index (χ2n) is 6.18. The van der Waals surface area contributed by atoms with E-state index in [2.05, 4.69) is 0 Å². The van der Waals surface area contributed by atoms with Gasteiger partial charge in [-0.05, 0) is 18.1 Å². The largest absolute Gasteiger partial charge is 0.478 e. The van der Waals surface area contributed by atoms with E-state index in [9.17, 15) is 19.5 Å². The first kappa shape index (κ1) is 14.6. The molecule has 0 aromatic heterocycles. The molecular formula is C16H18N2O4. The molecule has 6 nitrogen and oxygen atoms in total. The summed E-state index contributed by atoms with van der Waals surface area (Å²) in [7, 11) is 0. The van der Waals surface area contributed by atoms with Crippen LogP contribution in [0.1, 0.15) is 37.0 Å². The van der Waals surface area contributed by atoms with E-state index in [-0.39, 0.29) is 30.6 Å². The van der Waals surface area contributed by atoms with Gasteiger partial charge in [-0.2, -0.15) is 0 Å². The number of carbonyl (C=O) groups is 3. The van der Waals surface area contributed by atoms with Crippen molar-refractivity contribution in [1.82, 2.24) is 4.90 Å². The molecule has 1 saturated heterocycles. The first-order chi connectivity index (χ1) is 10.4. The van der Waals surface area contributed by atoms with Gasteiger partial charge in [0, 0.05) is 19.4 Å². The summed E-state index contributed by atoms with van der Waals surface area (Å²) in [5.74, 6) is -1.63. The predicted octanol–water partition coefficient (Wildman–Crippen LogP) is 1.71. The van der Waals surface area contributed by atoms with Crippen molar-refractivity contribution < 1.29 is 19.5 Å². The molecule has 1 aromatic carbocycles. The van der Waals surface area contributed by atoms with Gasteiger partial charge in [-0.25, -0.2) is 4.79 Å². The number of para-hydroxylation sites is 1. The molecule has 2 aliphatic heterocycles. The van der Waals surface area contributed by atoms with Crippen LogP contribution in [0, 0.1) is 5.92 Å². The third-order valence-electron chi connectivity index (χ3n) is 4.26. The van der Waals surface area contributed by atoms with E-state index in [4.69, 9.17) is 0 Å². The van der Waals surface area contributed by atoms with Crippen molar-refractivity contribution >= 4 is 23.5 Å². The van der Waals surface area contributed by atoms with Crippen LogP contribution >= 0.6 is 0 Å². The lowest BCUT2D eigenvalue weighted by atomic mass is 9.95. The molecule has 0 aliphatic carbocycles. The number of hydrogen-bond acceptors (Lipinski definition) is 3. The number of carboxylic acid groups (broad SMARTS) is 1. The molecule has 1 fully saturated rings. The van der Waals surface area contributed by atoms with Crippen molar-refractivity contribution in [2.45, 2.75) is 32.4 Å². The number of benzene rings is 1. The Hall–Kier alpha value is -2.37. The van der Waals surface area contributed by atoms with Gasteiger partial charge in [0.25, 0.3) is 5.91 Å². The van der Waals surface area contributed by atoms with Crippen molar-refractivity contribution in [3.8, 4) is 0 Å². The number of anilines is 1. The monoisotopic (exact) mass is 302 g/mol. The molecule has 116 valence electrons. The molecule has 0 saturated carbocycles. The molecule has 6 heteroatoms. The summed E-state index contributed by atoms with van der Waals surface area (Å²) in [5.41, 5.74) is -0.806. The lowest BCUT2D eigenvalue weighted by molar-refractivity contribution is -0.150. The Morgan fingerprint density at radius 3 is 2.64 bits per heavy atom. The topological polar surface area (TPSA) is 77.9 Å². The zero-order valence-corrected chi connectivity index (χ0v) is 12.6. The number of fused-ring (bicyclic) bond motifs is 3. The average molecular weight is 302 g/mol. The van der Waals surface area contributed by atoms with Gasteiger partial charge in [-0.3, -0.25) is 14.5 Å². The van der Waals surface area contributed by atoms with E-state index in [1.54, 1.807) is 24.3 Å². The number of carbonyl (C=O) groups excluding carboxylic acids is 2. The molecule has 2 aliphatic rings. The van der Waals surface area contributed by atoms with E-state index in [1.807, 2.05) is 13.8 Å². The van der Waals surface area contributed by atoms with Crippen LogP contribution in [0.5, 0.6) is 0 Å². The molecule has 3 rings (SSSR count). The van der Waals surface area contributed by atoms with Gasteiger partial charge in [0.05, 0.1) is 11.3 Å². The molecule has 0 bridgehead atoms. The average Bonchev–Trinajstić information content (AvgIpc) is 2.82. The first-order valence-electron chi connectivity index (χ1n) is 7.37. The third kappa shape index (κ3) is 1.76. The highest BCUT2D eigenvalue weighted by molar-refractivity contribution is 6.15. The summed E-state index contributed by atoms with van der Waals surface area (Å²) < 4.78 is 0. The van der Waals surface area contributed by atoms with Crippen molar-refractivity contribution in [1.29, 1.82) is 0 Å². The minimum absolute atomic E-state index is 0.1000. The van der Waals surface area contributed by atoms with Crippen LogP contribution in [-0.4, -0.2) is 40.0 Å². The standard InChI is InChI=1S/C16H18N2O4/c1-10(2)9-17-14(20)11-5-3-4-6-12(11)18-13(19)7-8-16(17,18)15(21)22/h3-6,10H,7-9H2,1-2H3,(H,21,22)/t16-/m1/s1. The Labute approximate surface area is 128 Å². The Morgan fingerprint density at radius 2 is 2.00 bits per heavy atom. The first-order valence-corrected chi connectivity index (χ1v) is 7.37. The number of rotatable bonds is 3. The minimum Gasteiger partial charge on any atom is -0.478 e. The van der Waals surface area contributed by atoms with Crippen molar-refractivity contribution in [3.63, 3.8) is 0 Å². The molecular weight excluding hydrogens is 284 g/mol.